The van der Waals surface area contributed by atoms with Gasteiger partial charge in [-0.1, -0.05) is 12.1 Å². The van der Waals surface area contributed by atoms with Crippen LogP contribution in [0.25, 0.3) is 22.1 Å². The number of carbonyl (C=O) groups is 1. The summed E-state index contributed by atoms with van der Waals surface area (Å²) in [4.78, 5) is 16.6. The van der Waals surface area contributed by atoms with Gasteiger partial charge in [0.2, 0.25) is 11.0 Å². The summed E-state index contributed by atoms with van der Waals surface area (Å²) in [5.74, 6) is -1.56. The number of aromatic nitrogens is 1. The summed E-state index contributed by atoms with van der Waals surface area (Å²) in [6.07, 6.45) is -3.33. The van der Waals surface area contributed by atoms with E-state index in [1.807, 2.05) is 0 Å². The number of sulfonamides is 1. The van der Waals surface area contributed by atoms with Gasteiger partial charge in [0.1, 0.15) is 17.1 Å². The number of hydrogen-bond acceptors (Lipinski definition) is 6. The minimum Gasteiger partial charge on any atom is -0.443 e. The Balaban J connectivity index is 1.37. The van der Waals surface area contributed by atoms with Crippen LogP contribution in [0.4, 0.5) is 17.6 Å². The molecule has 0 aliphatic carbocycles. The number of pyridine rings is 1. The maximum atomic E-state index is 13.4. The SMILES string of the molecule is C[C@H](NS(=O)(=O)c1cc2cc(F)ccc2o1)C(=O)NCc1cc(-c2ccc(OC(F)(F)F)cc2)ccn1. The molecule has 0 saturated carbocycles. The van der Waals surface area contributed by atoms with E-state index in [1.54, 1.807) is 12.1 Å². The van der Waals surface area contributed by atoms with Gasteiger partial charge in [0, 0.05) is 17.6 Å². The van der Waals surface area contributed by atoms with E-state index in [2.05, 4.69) is 19.8 Å². The van der Waals surface area contributed by atoms with Gasteiger partial charge >= 0.3 is 6.36 Å². The van der Waals surface area contributed by atoms with Crippen molar-refractivity contribution in [1.29, 1.82) is 0 Å². The number of ether oxygens (including phenoxy) is 1. The van der Waals surface area contributed by atoms with Gasteiger partial charge in [-0.15, -0.1) is 13.2 Å². The molecule has 0 aliphatic rings. The Labute approximate surface area is 208 Å². The van der Waals surface area contributed by atoms with Crippen molar-refractivity contribution < 1.29 is 39.9 Å². The molecular weight excluding hydrogens is 518 g/mol. The molecule has 0 saturated heterocycles. The van der Waals surface area contributed by atoms with Gasteiger partial charge in [0.15, 0.2) is 0 Å². The van der Waals surface area contributed by atoms with Crippen LogP contribution in [0.15, 0.2) is 76.4 Å². The molecule has 0 aliphatic heterocycles. The summed E-state index contributed by atoms with van der Waals surface area (Å²) in [6.45, 7) is 1.29. The van der Waals surface area contributed by atoms with Crippen LogP contribution >= 0.6 is 0 Å². The minimum absolute atomic E-state index is 0.0437. The van der Waals surface area contributed by atoms with Crippen molar-refractivity contribution in [3.05, 3.63) is 78.4 Å². The monoisotopic (exact) mass is 537 g/mol. The summed E-state index contributed by atoms with van der Waals surface area (Å²) in [5, 5.41) is 2.36. The molecule has 4 rings (SSSR count). The summed E-state index contributed by atoms with van der Waals surface area (Å²) in [5.41, 5.74) is 1.83. The first-order chi connectivity index (χ1) is 17.4. The van der Waals surface area contributed by atoms with E-state index in [0.717, 1.165) is 18.2 Å². The third kappa shape index (κ3) is 6.62. The summed E-state index contributed by atoms with van der Waals surface area (Å²) in [7, 11) is -4.22. The number of fused-ring (bicyclic) bond motifs is 1. The van der Waals surface area contributed by atoms with Crippen LogP contribution in [0.2, 0.25) is 0 Å². The first-order valence-electron chi connectivity index (χ1n) is 10.7. The molecule has 37 heavy (non-hydrogen) atoms. The third-order valence-corrected chi connectivity index (χ3v) is 6.52. The smallest absolute Gasteiger partial charge is 0.443 e. The summed E-state index contributed by atoms with van der Waals surface area (Å²) >= 11 is 0. The van der Waals surface area contributed by atoms with Gasteiger partial charge in [-0.05, 0) is 60.5 Å². The Bertz CT molecular complexity index is 1540. The van der Waals surface area contributed by atoms with Crippen molar-refractivity contribution in [3.63, 3.8) is 0 Å². The number of halogens is 4. The molecule has 0 radical (unpaired) electrons. The molecule has 0 unspecified atom stereocenters. The van der Waals surface area contributed by atoms with E-state index >= 15 is 0 Å². The molecule has 194 valence electrons. The molecule has 2 heterocycles. The lowest BCUT2D eigenvalue weighted by Crippen LogP contribution is -2.44. The average molecular weight is 537 g/mol. The molecule has 2 aromatic carbocycles. The highest BCUT2D eigenvalue weighted by molar-refractivity contribution is 7.89. The highest BCUT2D eigenvalue weighted by Gasteiger charge is 2.31. The molecular formula is C24H19F4N3O5S. The molecule has 2 N–H and O–H groups in total. The molecule has 0 bridgehead atoms. The van der Waals surface area contributed by atoms with Crippen molar-refractivity contribution in [2.24, 2.45) is 0 Å². The topological polar surface area (TPSA) is 111 Å². The van der Waals surface area contributed by atoms with Crippen molar-refractivity contribution in [2.45, 2.75) is 31.0 Å². The van der Waals surface area contributed by atoms with Gasteiger partial charge in [-0.3, -0.25) is 9.78 Å². The molecule has 0 spiro atoms. The highest BCUT2D eigenvalue weighted by atomic mass is 32.2. The zero-order chi connectivity index (χ0) is 26.8. The van der Waals surface area contributed by atoms with Gasteiger partial charge in [0.05, 0.1) is 18.3 Å². The van der Waals surface area contributed by atoms with E-state index < -0.39 is 39.2 Å². The Kier molecular flexibility index (Phi) is 7.18. The number of nitrogens with one attached hydrogen (secondary N) is 2. The van der Waals surface area contributed by atoms with E-state index in [0.29, 0.717) is 16.8 Å². The van der Waals surface area contributed by atoms with Gasteiger partial charge in [-0.25, -0.2) is 12.8 Å². The molecule has 1 amide bonds. The Morgan fingerprint density at radius 3 is 2.49 bits per heavy atom. The van der Waals surface area contributed by atoms with Gasteiger partial charge in [0.25, 0.3) is 10.0 Å². The second-order valence-electron chi connectivity index (χ2n) is 7.92. The molecule has 8 nitrogen and oxygen atoms in total. The third-order valence-electron chi connectivity index (χ3n) is 5.13. The first-order valence-corrected chi connectivity index (χ1v) is 12.2. The predicted molar refractivity (Wildman–Crippen MR) is 124 cm³/mol. The van der Waals surface area contributed by atoms with E-state index in [-0.39, 0.29) is 23.3 Å². The number of furan rings is 1. The van der Waals surface area contributed by atoms with Crippen LogP contribution in [0.3, 0.4) is 0 Å². The van der Waals surface area contributed by atoms with Crippen LogP contribution in [0, 0.1) is 5.82 Å². The van der Waals surface area contributed by atoms with Crippen molar-refractivity contribution >= 4 is 26.9 Å². The largest absolute Gasteiger partial charge is 0.573 e. The second kappa shape index (κ2) is 10.2. The van der Waals surface area contributed by atoms with Crippen LogP contribution in [-0.4, -0.2) is 31.7 Å². The van der Waals surface area contributed by atoms with Crippen LogP contribution < -0.4 is 14.8 Å². The van der Waals surface area contributed by atoms with Crippen molar-refractivity contribution in [2.75, 3.05) is 0 Å². The first kappa shape index (κ1) is 26.1. The maximum Gasteiger partial charge on any atom is 0.573 e. The number of nitrogens with zero attached hydrogens (tertiary/aromatic N) is 1. The van der Waals surface area contributed by atoms with Crippen molar-refractivity contribution in [3.8, 4) is 16.9 Å². The molecule has 4 aromatic rings. The standard InChI is InChI=1S/C24H19F4N3O5S/c1-14(31-37(33,34)22-12-17-10-18(25)4-7-21(17)35-22)23(32)30-13-19-11-16(8-9-29-19)15-2-5-20(6-3-15)36-24(26,27)28/h2-12,14,31H,13H2,1H3,(H,30,32)/t14-/m0/s1. The number of alkyl halides is 3. The molecule has 0 fully saturated rings. The maximum absolute atomic E-state index is 13.4. The number of benzene rings is 2. The van der Waals surface area contributed by atoms with Gasteiger partial charge < -0.3 is 14.5 Å². The molecule has 13 heteroatoms. The van der Waals surface area contributed by atoms with Crippen LogP contribution in [0.5, 0.6) is 5.75 Å². The highest BCUT2D eigenvalue weighted by Crippen LogP contribution is 2.27. The van der Waals surface area contributed by atoms with Crippen LogP contribution in [0.1, 0.15) is 12.6 Å². The fourth-order valence-electron chi connectivity index (χ4n) is 3.40. The number of carbonyl (C=O) groups excluding carboxylic acids is 1. The second-order valence-corrected chi connectivity index (χ2v) is 9.56. The Morgan fingerprint density at radius 2 is 1.78 bits per heavy atom. The zero-order valence-electron chi connectivity index (χ0n) is 19.0. The Hall–Kier alpha value is -3.97. The summed E-state index contributed by atoms with van der Waals surface area (Å²) in [6, 6.07) is 12.0. The normalized spacial score (nSPS) is 12.9. The number of amides is 1. The lowest BCUT2D eigenvalue weighted by Gasteiger charge is -2.13. The number of rotatable bonds is 8. The van der Waals surface area contributed by atoms with E-state index in [1.165, 1.54) is 43.5 Å². The van der Waals surface area contributed by atoms with Crippen molar-refractivity contribution in [1.82, 2.24) is 15.0 Å². The fourth-order valence-corrected chi connectivity index (χ4v) is 4.57. The van der Waals surface area contributed by atoms with E-state index in [4.69, 9.17) is 4.42 Å². The summed E-state index contributed by atoms with van der Waals surface area (Å²) < 4.78 is 86.9. The quantitative estimate of drug-likeness (QED) is 0.320. The molecule has 1 atom stereocenters. The minimum atomic E-state index is -4.79. The van der Waals surface area contributed by atoms with Crippen LogP contribution in [-0.2, 0) is 21.4 Å². The predicted octanol–water partition coefficient (Wildman–Crippen LogP) is 4.52. The average Bonchev–Trinajstić information content (AvgIpc) is 3.26. The zero-order valence-corrected chi connectivity index (χ0v) is 19.9. The lowest BCUT2D eigenvalue weighted by molar-refractivity contribution is -0.274. The number of hydrogen-bond donors (Lipinski definition) is 2. The molecule has 2 aromatic heterocycles. The lowest BCUT2D eigenvalue weighted by atomic mass is 10.1. The fraction of sp³-hybridized carbons (Fsp3) is 0.167. The van der Waals surface area contributed by atoms with Gasteiger partial charge in [-0.2, -0.15) is 4.72 Å². The Morgan fingerprint density at radius 1 is 1.05 bits per heavy atom. The van der Waals surface area contributed by atoms with E-state index in [9.17, 15) is 30.8 Å².